The first-order valence-electron chi connectivity index (χ1n) is 8.20. The SMILES string of the molecule is O=C(COc1ncccn1)NCCNc1cc(Nc2ccccn2)ncn1. The first-order valence-corrected chi connectivity index (χ1v) is 8.20. The van der Waals surface area contributed by atoms with Gasteiger partial charge in [0.15, 0.2) is 6.61 Å². The first kappa shape index (κ1) is 18.0. The zero-order valence-corrected chi connectivity index (χ0v) is 14.4. The summed E-state index contributed by atoms with van der Waals surface area (Å²) in [5.74, 6) is 1.68. The van der Waals surface area contributed by atoms with Crippen LogP contribution in [0.3, 0.4) is 0 Å². The summed E-state index contributed by atoms with van der Waals surface area (Å²) in [6.45, 7) is 0.758. The van der Waals surface area contributed by atoms with E-state index >= 15 is 0 Å². The lowest BCUT2D eigenvalue weighted by Crippen LogP contribution is -2.33. The molecular weight excluding hydrogens is 348 g/mol. The Morgan fingerprint density at radius 3 is 2.52 bits per heavy atom. The van der Waals surface area contributed by atoms with Crippen molar-refractivity contribution in [2.24, 2.45) is 0 Å². The number of hydrogen-bond donors (Lipinski definition) is 3. The van der Waals surface area contributed by atoms with Crippen molar-refractivity contribution >= 4 is 23.4 Å². The van der Waals surface area contributed by atoms with Crippen molar-refractivity contribution in [3.05, 3.63) is 55.2 Å². The molecule has 3 heterocycles. The average molecular weight is 366 g/mol. The number of nitrogens with one attached hydrogen (secondary N) is 3. The van der Waals surface area contributed by atoms with Crippen LogP contribution >= 0.6 is 0 Å². The van der Waals surface area contributed by atoms with Gasteiger partial charge in [-0.2, -0.15) is 0 Å². The van der Waals surface area contributed by atoms with Gasteiger partial charge in [0.05, 0.1) is 0 Å². The Morgan fingerprint density at radius 1 is 0.889 bits per heavy atom. The molecule has 10 nitrogen and oxygen atoms in total. The van der Waals surface area contributed by atoms with E-state index in [-0.39, 0.29) is 18.5 Å². The van der Waals surface area contributed by atoms with Crippen LogP contribution in [0.25, 0.3) is 0 Å². The summed E-state index contributed by atoms with van der Waals surface area (Å²) in [7, 11) is 0. The molecule has 0 aliphatic carbocycles. The molecule has 3 rings (SSSR count). The number of nitrogens with zero attached hydrogens (tertiary/aromatic N) is 5. The molecule has 0 aromatic carbocycles. The number of hydrogen-bond acceptors (Lipinski definition) is 9. The highest BCUT2D eigenvalue weighted by atomic mass is 16.5. The molecule has 0 fully saturated rings. The second-order valence-corrected chi connectivity index (χ2v) is 5.23. The molecule has 0 radical (unpaired) electrons. The third-order valence-corrected chi connectivity index (χ3v) is 3.22. The minimum atomic E-state index is -0.260. The van der Waals surface area contributed by atoms with Crippen LogP contribution in [0.1, 0.15) is 0 Å². The quantitative estimate of drug-likeness (QED) is 0.475. The Morgan fingerprint density at radius 2 is 1.70 bits per heavy atom. The molecule has 0 aliphatic heterocycles. The summed E-state index contributed by atoms with van der Waals surface area (Å²) < 4.78 is 5.17. The number of carbonyl (C=O) groups excluding carboxylic acids is 1. The third kappa shape index (κ3) is 6.20. The van der Waals surface area contributed by atoms with E-state index in [2.05, 4.69) is 40.9 Å². The van der Waals surface area contributed by atoms with Crippen molar-refractivity contribution in [3.8, 4) is 6.01 Å². The predicted molar refractivity (Wildman–Crippen MR) is 98.6 cm³/mol. The number of carbonyl (C=O) groups is 1. The standard InChI is InChI=1S/C17H18N8O2/c26-16(11-27-17-21-6-3-7-22-17)20-9-8-19-14-10-15(24-12-23-14)25-13-4-1-2-5-18-13/h1-7,10,12H,8-9,11H2,(H,20,26)(H2,18,19,23,24,25). The van der Waals surface area contributed by atoms with E-state index in [1.165, 1.54) is 6.33 Å². The first-order chi connectivity index (χ1) is 13.3. The molecule has 27 heavy (non-hydrogen) atoms. The predicted octanol–water partition coefficient (Wildman–Crippen LogP) is 1.01. The van der Waals surface area contributed by atoms with Crippen LogP contribution in [0.2, 0.25) is 0 Å². The molecule has 10 heteroatoms. The average Bonchev–Trinajstić information content (AvgIpc) is 2.71. The number of rotatable bonds is 9. The maximum Gasteiger partial charge on any atom is 0.316 e. The highest BCUT2D eigenvalue weighted by Crippen LogP contribution is 2.13. The van der Waals surface area contributed by atoms with Crippen molar-refractivity contribution in [1.82, 2.24) is 30.2 Å². The monoisotopic (exact) mass is 366 g/mol. The van der Waals surface area contributed by atoms with Gasteiger partial charge < -0.3 is 20.7 Å². The lowest BCUT2D eigenvalue weighted by molar-refractivity contribution is -0.123. The smallest absolute Gasteiger partial charge is 0.316 e. The molecule has 0 atom stereocenters. The minimum absolute atomic E-state index is 0.143. The van der Waals surface area contributed by atoms with E-state index < -0.39 is 0 Å². The van der Waals surface area contributed by atoms with Gasteiger partial charge in [0, 0.05) is 37.7 Å². The van der Waals surface area contributed by atoms with Crippen LogP contribution < -0.4 is 20.7 Å². The van der Waals surface area contributed by atoms with Gasteiger partial charge in [-0.25, -0.2) is 24.9 Å². The summed E-state index contributed by atoms with van der Waals surface area (Å²) in [4.78, 5) is 31.9. The van der Waals surface area contributed by atoms with Gasteiger partial charge in [0.25, 0.3) is 5.91 Å². The largest absolute Gasteiger partial charge is 0.453 e. The molecule has 0 saturated heterocycles. The lowest BCUT2D eigenvalue weighted by atomic mass is 10.4. The van der Waals surface area contributed by atoms with Crippen molar-refractivity contribution in [1.29, 1.82) is 0 Å². The molecule has 0 aliphatic rings. The van der Waals surface area contributed by atoms with E-state index in [0.717, 1.165) is 0 Å². The summed E-state index contributed by atoms with van der Waals surface area (Å²) in [5, 5.41) is 8.92. The molecule has 0 bridgehead atoms. The fourth-order valence-corrected chi connectivity index (χ4v) is 2.02. The van der Waals surface area contributed by atoms with E-state index in [4.69, 9.17) is 4.74 Å². The molecule has 1 amide bonds. The normalized spacial score (nSPS) is 10.1. The highest BCUT2D eigenvalue weighted by molar-refractivity contribution is 5.77. The fourth-order valence-electron chi connectivity index (χ4n) is 2.02. The highest BCUT2D eigenvalue weighted by Gasteiger charge is 2.04. The van der Waals surface area contributed by atoms with Crippen molar-refractivity contribution < 1.29 is 9.53 Å². The van der Waals surface area contributed by atoms with Gasteiger partial charge >= 0.3 is 6.01 Å². The molecule has 0 spiro atoms. The number of aromatic nitrogens is 5. The second-order valence-electron chi connectivity index (χ2n) is 5.23. The Hall–Kier alpha value is -3.82. The molecule has 138 valence electrons. The summed E-state index contributed by atoms with van der Waals surface area (Å²) in [5.41, 5.74) is 0. The van der Waals surface area contributed by atoms with Crippen LogP contribution in [-0.2, 0) is 4.79 Å². The van der Waals surface area contributed by atoms with Crippen molar-refractivity contribution in [3.63, 3.8) is 0 Å². The minimum Gasteiger partial charge on any atom is -0.453 e. The number of amides is 1. The fraction of sp³-hybridized carbons (Fsp3) is 0.176. The van der Waals surface area contributed by atoms with Crippen LogP contribution in [0.5, 0.6) is 6.01 Å². The number of anilines is 3. The zero-order chi connectivity index (χ0) is 18.7. The summed E-state index contributed by atoms with van der Waals surface area (Å²) >= 11 is 0. The third-order valence-electron chi connectivity index (χ3n) is 3.22. The zero-order valence-electron chi connectivity index (χ0n) is 14.4. The Kier molecular flexibility index (Phi) is 6.40. The molecular formula is C17H18N8O2. The van der Waals surface area contributed by atoms with Crippen LogP contribution in [0.15, 0.2) is 55.2 Å². The van der Waals surface area contributed by atoms with Crippen LogP contribution in [0, 0.1) is 0 Å². The van der Waals surface area contributed by atoms with Gasteiger partial charge in [-0.3, -0.25) is 4.79 Å². The van der Waals surface area contributed by atoms with E-state index in [9.17, 15) is 4.79 Å². The van der Waals surface area contributed by atoms with Gasteiger partial charge in [-0.15, -0.1) is 0 Å². The topological polar surface area (TPSA) is 127 Å². The van der Waals surface area contributed by atoms with E-state index in [1.54, 1.807) is 30.7 Å². The van der Waals surface area contributed by atoms with Crippen LogP contribution in [-0.4, -0.2) is 50.5 Å². The maximum absolute atomic E-state index is 11.7. The number of pyridine rings is 1. The summed E-state index contributed by atoms with van der Waals surface area (Å²) in [6.07, 6.45) is 6.23. The summed E-state index contributed by atoms with van der Waals surface area (Å²) in [6, 6.07) is 9.15. The van der Waals surface area contributed by atoms with Crippen molar-refractivity contribution in [2.45, 2.75) is 0 Å². The van der Waals surface area contributed by atoms with Gasteiger partial charge in [-0.05, 0) is 18.2 Å². The molecule has 3 N–H and O–H groups in total. The van der Waals surface area contributed by atoms with Gasteiger partial charge in [0.1, 0.15) is 23.8 Å². The van der Waals surface area contributed by atoms with Crippen molar-refractivity contribution in [2.75, 3.05) is 30.3 Å². The van der Waals surface area contributed by atoms with Gasteiger partial charge in [0.2, 0.25) is 0 Å². The molecule has 0 saturated carbocycles. The molecule has 3 aromatic heterocycles. The molecule has 3 aromatic rings. The van der Waals surface area contributed by atoms with Gasteiger partial charge in [-0.1, -0.05) is 6.07 Å². The Balaban J connectivity index is 1.37. The van der Waals surface area contributed by atoms with E-state index in [1.807, 2.05) is 18.2 Å². The Bertz CT molecular complexity index is 848. The van der Waals surface area contributed by atoms with E-state index in [0.29, 0.717) is 30.5 Å². The number of ether oxygens (including phenoxy) is 1. The maximum atomic E-state index is 11.7. The molecule has 0 unspecified atom stereocenters. The second kappa shape index (κ2) is 9.61. The van der Waals surface area contributed by atoms with Crippen LogP contribution in [0.4, 0.5) is 17.5 Å². The lowest BCUT2D eigenvalue weighted by Gasteiger charge is -2.09. The Labute approximate surface area is 155 Å².